The third-order valence-corrected chi connectivity index (χ3v) is 4.91. The monoisotopic (exact) mass is 371 g/mol. The Bertz CT molecular complexity index is 1210. The second kappa shape index (κ2) is 6.86. The highest BCUT2D eigenvalue weighted by atomic mass is 32.1. The van der Waals surface area contributed by atoms with E-state index >= 15 is 0 Å². The fourth-order valence-electron chi connectivity index (χ4n) is 2.79. The number of hydrogen-bond donors (Lipinski definition) is 2. The number of hydrogen-bond acceptors (Lipinski definition) is 6. The van der Waals surface area contributed by atoms with E-state index in [0.717, 1.165) is 15.8 Å². The van der Waals surface area contributed by atoms with E-state index in [0.29, 0.717) is 22.4 Å². The van der Waals surface area contributed by atoms with Crippen LogP contribution < -0.4 is 11.1 Å². The molecule has 0 unspecified atom stereocenters. The number of nitrogens with one attached hydrogen (secondary N) is 1. The van der Waals surface area contributed by atoms with Crippen molar-refractivity contribution < 1.29 is 4.79 Å². The molecule has 3 N–H and O–H groups in total. The highest BCUT2D eigenvalue weighted by Gasteiger charge is 2.15. The Labute approximate surface area is 158 Å². The van der Waals surface area contributed by atoms with E-state index in [1.807, 2.05) is 12.1 Å². The third-order valence-electron chi connectivity index (χ3n) is 4.11. The Balaban J connectivity index is 1.73. The molecule has 0 aliphatic rings. The number of amides is 1. The van der Waals surface area contributed by atoms with Crippen molar-refractivity contribution in [1.29, 1.82) is 5.26 Å². The average Bonchev–Trinajstić information content (AvgIpc) is 3.17. The topological polar surface area (TPSA) is 105 Å². The van der Waals surface area contributed by atoms with E-state index in [-0.39, 0.29) is 11.7 Å². The molecule has 0 aliphatic carbocycles. The van der Waals surface area contributed by atoms with Crippen molar-refractivity contribution in [3.8, 4) is 17.2 Å². The van der Waals surface area contributed by atoms with Crippen molar-refractivity contribution >= 4 is 39.0 Å². The van der Waals surface area contributed by atoms with Gasteiger partial charge in [-0.2, -0.15) is 5.26 Å². The van der Waals surface area contributed by atoms with Crippen LogP contribution in [0.3, 0.4) is 0 Å². The zero-order valence-electron chi connectivity index (χ0n) is 14.0. The van der Waals surface area contributed by atoms with E-state index in [2.05, 4.69) is 21.4 Å². The first-order chi connectivity index (χ1) is 13.2. The van der Waals surface area contributed by atoms with Crippen LogP contribution in [0.25, 0.3) is 21.3 Å². The molecule has 27 heavy (non-hydrogen) atoms. The zero-order valence-corrected chi connectivity index (χ0v) is 14.8. The first kappa shape index (κ1) is 16.7. The summed E-state index contributed by atoms with van der Waals surface area (Å²) in [5.41, 5.74) is 11.5. The van der Waals surface area contributed by atoms with E-state index < -0.39 is 0 Å². The number of rotatable bonds is 3. The highest BCUT2D eigenvalue weighted by Crippen LogP contribution is 2.32. The summed E-state index contributed by atoms with van der Waals surface area (Å²) in [7, 11) is 0. The quantitative estimate of drug-likeness (QED) is 0.565. The molecule has 0 saturated heterocycles. The lowest BCUT2D eigenvalue weighted by atomic mass is 10.0. The number of aromatic nitrogens is 2. The van der Waals surface area contributed by atoms with E-state index in [9.17, 15) is 4.79 Å². The minimum atomic E-state index is -0.289. The summed E-state index contributed by atoms with van der Waals surface area (Å²) < 4.78 is 0.934. The van der Waals surface area contributed by atoms with E-state index in [1.54, 1.807) is 48.1 Å². The number of nitrogens with two attached hydrogens (primary N) is 1. The predicted molar refractivity (Wildman–Crippen MR) is 106 cm³/mol. The molecule has 0 radical (unpaired) electrons. The van der Waals surface area contributed by atoms with Gasteiger partial charge in [0.1, 0.15) is 5.82 Å². The van der Waals surface area contributed by atoms with Crippen molar-refractivity contribution in [3.63, 3.8) is 0 Å². The Morgan fingerprint density at radius 1 is 1.15 bits per heavy atom. The number of anilines is 2. The van der Waals surface area contributed by atoms with Gasteiger partial charge < -0.3 is 11.1 Å². The molecule has 0 fully saturated rings. The summed E-state index contributed by atoms with van der Waals surface area (Å²) in [6, 6.07) is 16.3. The molecule has 0 saturated carbocycles. The van der Waals surface area contributed by atoms with Gasteiger partial charge in [0.25, 0.3) is 5.91 Å². The molecule has 1 amide bonds. The molecular formula is C20H13N5OS. The normalized spacial score (nSPS) is 10.5. The summed E-state index contributed by atoms with van der Waals surface area (Å²) >= 11 is 1.47. The molecule has 7 heteroatoms. The van der Waals surface area contributed by atoms with Gasteiger partial charge in [-0.25, -0.2) is 9.97 Å². The Morgan fingerprint density at radius 2 is 2.04 bits per heavy atom. The number of carbonyl (C=O) groups excluding carboxylic acids is 1. The van der Waals surface area contributed by atoms with Crippen LogP contribution in [0.15, 0.2) is 60.2 Å². The van der Waals surface area contributed by atoms with Crippen LogP contribution in [0.1, 0.15) is 15.9 Å². The number of benzene rings is 2. The fourth-order valence-corrected chi connectivity index (χ4v) is 3.50. The number of pyridine rings is 1. The summed E-state index contributed by atoms with van der Waals surface area (Å²) in [6.45, 7) is 0. The Morgan fingerprint density at radius 3 is 2.89 bits per heavy atom. The summed E-state index contributed by atoms with van der Waals surface area (Å²) in [4.78, 5) is 21.1. The van der Waals surface area contributed by atoms with Gasteiger partial charge in [-0.3, -0.25) is 4.79 Å². The first-order valence-corrected chi connectivity index (χ1v) is 8.93. The lowest BCUT2D eigenvalue weighted by Crippen LogP contribution is -2.14. The number of fused-ring (bicyclic) bond motifs is 1. The smallest absolute Gasteiger partial charge is 0.255 e. The number of carbonyl (C=O) groups is 1. The molecule has 6 nitrogen and oxygen atoms in total. The standard InChI is InChI=1S/C20H13N5OS/c21-10-12-2-1-3-13(8-12)15-6-7-23-19(22)18(15)25-20(26)14-4-5-16-17(9-14)27-11-24-16/h1-9,11H,(H2,22,23)(H,25,26). The maximum Gasteiger partial charge on any atom is 0.255 e. The van der Waals surface area contributed by atoms with Crippen LogP contribution in [0, 0.1) is 11.3 Å². The van der Waals surface area contributed by atoms with E-state index in [1.165, 1.54) is 11.3 Å². The second-order valence-electron chi connectivity index (χ2n) is 5.80. The molecule has 4 rings (SSSR count). The summed E-state index contributed by atoms with van der Waals surface area (Å²) in [5, 5.41) is 12.0. The van der Waals surface area contributed by atoms with Gasteiger partial charge >= 0.3 is 0 Å². The van der Waals surface area contributed by atoms with Gasteiger partial charge in [-0.1, -0.05) is 12.1 Å². The second-order valence-corrected chi connectivity index (χ2v) is 6.69. The Hall–Kier alpha value is -3.76. The fraction of sp³-hybridized carbons (Fsp3) is 0. The van der Waals surface area contributed by atoms with Gasteiger partial charge in [0, 0.05) is 17.3 Å². The largest absolute Gasteiger partial charge is 0.382 e. The molecule has 0 spiro atoms. The molecule has 2 aromatic carbocycles. The third kappa shape index (κ3) is 3.21. The maximum atomic E-state index is 12.8. The molecular weight excluding hydrogens is 358 g/mol. The van der Waals surface area contributed by atoms with Gasteiger partial charge in [0.15, 0.2) is 0 Å². The maximum absolute atomic E-state index is 12.8. The minimum Gasteiger partial charge on any atom is -0.382 e. The van der Waals surface area contributed by atoms with E-state index in [4.69, 9.17) is 11.0 Å². The minimum absolute atomic E-state index is 0.210. The first-order valence-electron chi connectivity index (χ1n) is 8.05. The van der Waals surface area contributed by atoms with Crippen molar-refractivity contribution in [3.05, 3.63) is 71.4 Å². The van der Waals surface area contributed by atoms with Crippen LogP contribution in [-0.2, 0) is 0 Å². The van der Waals surface area contributed by atoms with Crippen LogP contribution in [0.4, 0.5) is 11.5 Å². The number of thiazole rings is 1. The number of nitrogens with zero attached hydrogens (tertiary/aromatic N) is 3. The van der Waals surface area contributed by atoms with Crippen LogP contribution in [0.5, 0.6) is 0 Å². The molecule has 2 heterocycles. The lowest BCUT2D eigenvalue weighted by molar-refractivity contribution is 0.102. The highest BCUT2D eigenvalue weighted by molar-refractivity contribution is 7.16. The van der Waals surface area contributed by atoms with Crippen LogP contribution >= 0.6 is 11.3 Å². The predicted octanol–water partition coefficient (Wildman–Crippen LogP) is 4.06. The van der Waals surface area contributed by atoms with Gasteiger partial charge in [-0.15, -0.1) is 11.3 Å². The molecule has 2 aromatic heterocycles. The molecule has 0 atom stereocenters. The average molecular weight is 371 g/mol. The SMILES string of the molecule is N#Cc1cccc(-c2ccnc(N)c2NC(=O)c2ccc3ncsc3c2)c1. The van der Waals surface area contributed by atoms with Gasteiger partial charge in [0.2, 0.25) is 0 Å². The van der Waals surface area contributed by atoms with Gasteiger partial charge in [-0.05, 0) is 42.0 Å². The lowest BCUT2D eigenvalue weighted by Gasteiger charge is -2.13. The number of nitriles is 1. The summed E-state index contributed by atoms with van der Waals surface area (Å²) in [6.07, 6.45) is 1.57. The Kier molecular flexibility index (Phi) is 4.24. The molecule has 0 aliphatic heterocycles. The van der Waals surface area contributed by atoms with Crippen LogP contribution in [-0.4, -0.2) is 15.9 Å². The van der Waals surface area contributed by atoms with Crippen molar-refractivity contribution in [2.75, 3.05) is 11.1 Å². The molecule has 0 bridgehead atoms. The molecule has 130 valence electrons. The van der Waals surface area contributed by atoms with Crippen molar-refractivity contribution in [2.24, 2.45) is 0 Å². The molecule has 4 aromatic rings. The van der Waals surface area contributed by atoms with Crippen LogP contribution in [0.2, 0.25) is 0 Å². The zero-order chi connectivity index (χ0) is 18.8. The summed E-state index contributed by atoms with van der Waals surface area (Å²) in [5.74, 6) is -0.0789. The van der Waals surface area contributed by atoms with Crippen molar-refractivity contribution in [2.45, 2.75) is 0 Å². The van der Waals surface area contributed by atoms with Gasteiger partial charge in [0.05, 0.1) is 33.0 Å². The van der Waals surface area contributed by atoms with Crippen molar-refractivity contribution in [1.82, 2.24) is 9.97 Å². The number of nitrogen functional groups attached to an aromatic ring is 1.